The normalized spacial score (nSPS) is 24.4. The van der Waals surface area contributed by atoms with Crippen LogP contribution < -0.4 is 0 Å². The third-order valence-corrected chi connectivity index (χ3v) is 4.30. The Morgan fingerprint density at radius 2 is 1.94 bits per heavy atom. The summed E-state index contributed by atoms with van der Waals surface area (Å²) in [6, 6.07) is 2.17. The third kappa shape index (κ3) is 2.84. The first-order chi connectivity index (χ1) is 8.59. The van der Waals surface area contributed by atoms with Gasteiger partial charge in [-0.05, 0) is 32.1 Å². The van der Waals surface area contributed by atoms with Gasteiger partial charge in [-0.3, -0.25) is 9.69 Å². The van der Waals surface area contributed by atoms with Crippen LogP contribution in [-0.2, 0) is 4.79 Å². The van der Waals surface area contributed by atoms with E-state index >= 15 is 0 Å². The van der Waals surface area contributed by atoms with Crippen LogP contribution in [0, 0.1) is 22.7 Å². The zero-order valence-corrected chi connectivity index (χ0v) is 11.5. The van der Waals surface area contributed by atoms with Crippen molar-refractivity contribution in [1.29, 1.82) is 5.26 Å². The Balaban J connectivity index is 1.85. The Hall–Kier alpha value is -1.08. The van der Waals surface area contributed by atoms with Crippen LogP contribution in [0.1, 0.15) is 33.1 Å². The fourth-order valence-corrected chi connectivity index (χ4v) is 2.43. The molecule has 1 heterocycles. The van der Waals surface area contributed by atoms with Crippen molar-refractivity contribution in [2.75, 3.05) is 32.7 Å². The third-order valence-electron chi connectivity index (χ3n) is 4.30. The summed E-state index contributed by atoms with van der Waals surface area (Å²) in [7, 11) is 0. The largest absolute Gasteiger partial charge is 0.339 e. The van der Waals surface area contributed by atoms with E-state index in [-0.39, 0.29) is 5.91 Å². The van der Waals surface area contributed by atoms with Gasteiger partial charge in [0.1, 0.15) is 5.41 Å². The van der Waals surface area contributed by atoms with Crippen LogP contribution in [0.15, 0.2) is 0 Å². The van der Waals surface area contributed by atoms with E-state index in [2.05, 4.69) is 11.0 Å². The fourth-order valence-electron chi connectivity index (χ4n) is 2.43. The highest BCUT2D eigenvalue weighted by Gasteiger charge is 2.36. The topological polar surface area (TPSA) is 47.3 Å². The predicted molar refractivity (Wildman–Crippen MR) is 69.8 cm³/mol. The smallest absolute Gasteiger partial charge is 0.242 e. The molecule has 4 heteroatoms. The summed E-state index contributed by atoms with van der Waals surface area (Å²) in [4.78, 5) is 16.6. The van der Waals surface area contributed by atoms with E-state index in [4.69, 9.17) is 5.26 Å². The van der Waals surface area contributed by atoms with Gasteiger partial charge in [0.2, 0.25) is 5.91 Å². The lowest BCUT2D eigenvalue weighted by molar-refractivity contribution is -0.140. The maximum absolute atomic E-state index is 12.3. The number of nitriles is 1. The summed E-state index contributed by atoms with van der Waals surface area (Å²) in [6.45, 7) is 8.36. The number of hydrogen-bond acceptors (Lipinski definition) is 3. The minimum atomic E-state index is -0.835. The molecular weight excluding hydrogens is 226 g/mol. The van der Waals surface area contributed by atoms with Crippen LogP contribution in [0.5, 0.6) is 0 Å². The Labute approximate surface area is 110 Å². The molecule has 2 aliphatic rings. The van der Waals surface area contributed by atoms with Gasteiger partial charge in [-0.2, -0.15) is 5.26 Å². The molecule has 0 spiro atoms. The second-order valence-electron chi connectivity index (χ2n) is 5.83. The maximum atomic E-state index is 12.3. The first-order valence-electron chi connectivity index (χ1n) is 7.02. The maximum Gasteiger partial charge on any atom is 0.242 e. The van der Waals surface area contributed by atoms with E-state index in [0.29, 0.717) is 6.42 Å². The van der Waals surface area contributed by atoms with E-state index in [1.165, 1.54) is 19.4 Å². The fraction of sp³-hybridized carbons (Fsp3) is 0.857. The first-order valence-corrected chi connectivity index (χ1v) is 7.02. The van der Waals surface area contributed by atoms with Gasteiger partial charge in [-0.15, -0.1) is 0 Å². The van der Waals surface area contributed by atoms with Crippen LogP contribution in [0.2, 0.25) is 0 Å². The number of carbonyl (C=O) groups is 1. The summed E-state index contributed by atoms with van der Waals surface area (Å²) in [5, 5.41) is 9.16. The lowest BCUT2D eigenvalue weighted by Gasteiger charge is -2.37. The van der Waals surface area contributed by atoms with Gasteiger partial charge < -0.3 is 4.90 Å². The van der Waals surface area contributed by atoms with Gasteiger partial charge >= 0.3 is 0 Å². The minimum absolute atomic E-state index is 0.0126. The zero-order chi connectivity index (χ0) is 13.2. The average molecular weight is 249 g/mol. The number of nitrogens with zero attached hydrogens (tertiary/aromatic N) is 3. The monoisotopic (exact) mass is 249 g/mol. The van der Waals surface area contributed by atoms with Crippen molar-refractivity contribution >= 4 is 5.91 Å². The molecule has 4 nitrogen and oxygen atoms in total. The zero-order valence-electron chi connectivity index (χ0n) is 11.5. The van der Waals surface area contributed by atoms with Crippen LogP contribution >= 0.6 is 0 Å². The van der Waals surface area contributed by atoms with Crippen LogP contribution in [0.3, 0.4) is 0 Å². The molecular formula is C14H23N3O. The van der Waals surface area contributed by atoms with Crippen LogP contribution in [0.25, 0.3) is 0 Å². The summed E-state index contributed by atoms with van der Waals surface area (Å²) >= 11 is 0. The highest BCUT2D eigenvalue weighted by Crippen LogP contribution is 2.30. The van der Waals surface area contributed by atoms with Gasteiger partial charge in [-0.1, -0.05) is 6.92 Å². The van der Waals surface area contributed by atoms with Crippen LogP contribution in [-0.4, -0.2) is 48.4 Å². The lowest BCUT2D eigenvalue weighted by Crippen LogP contribution is -2.52. The van der Waals surface area contributed by atoms with Crippen LogP contribution in [0.4, 0.5) is 0 Å². The van der Waals surface area contributed by atoms with Gasteiger partial charge in [0.25, 0.3) is 0 Å². The molecule has 0 N–H and O–H groups in total. The molecule has 1 atom stereocenters. The molecule has 0 aromatic rings. The summed E-state index contributed by atoms with van der Waals surface area (Å²) in [6.07, 6.45) is 3.34. The van der Waals surface area contributed by atoms with E-state index in [1.54, 1.807) is 6.92 Å². The van der Waals surface area contributed by atoms with Crippen molar-refractivity contribution in [2.24, 2.45) is 11.3 Å². The second kappa shape index (κ2) is 5.27. The second-order valence-corrected chi connectivity index (χ2v) is 5.83. The molecule has 1 amide bonds. The molecule has 2 fully saturated rings. The number of piperazine rings is 1. The molecule has 1 saturated heterocycles. The summed E-state index contributed by atoms with van der Waals surface area (Å²) < 4.78 is 0. The van der Waals surface area contributed by atoms with Crippen molar-refractivity contribution in [3.05, 3.63) is 0 Å². The Morgan fingerprint density at radius 3 is 2.39 bits per heavy atom. The number of hydrogen-bond donors (Lipinski definition) is 0. The minimum Gasteiger partial charge on any atom is -0.339 e. The molecule has 0 radical (unpaired) electrons. The van der Waals surface area contributed by atoms with Crippen molar-refractivity contribution in [2.45, 2.75) is 33.1 Å². The number of rotatable bonds is 4. The van der Waals surface area contributed by atoms with E-state index in [1.807, 2.05) is 11.8 Å². The van der Waals surface area contributed by atoms with Crippen molar-refractivity contribution in [3.8, 4) is 6.07 Å². The molecule has 2 rings (SSSR count). The van der Waals surface area contributed by atoms with Gasteiger partial charge in [0, 0.05) is 32.7 Å². The van der Waals surface area contributed by atoms with Crippen molar-refractivity contribution in [1.82, 2.24) is 9.80 Å². The summed E-state index contributed by atoms with van der Waals surface area (Å²) in [5.74, 6) is 0.922. The lowest BCUT2D eigenvalue weighted by atomic mass is 9.87. The summed E-state index contributed by atoms with van der Waals surface area (Å²) in [5.41, 5.74) is -0.835. The van der Waals surface area contributed by atoms with Gasteiger partial charge in [0.05, 0.1) is 6.07 Å². The predicted octanol–water partition coefficient (Wildman–Crippen LogP) is 1.48. The molecule has 0 aromatic carbocycles. The van der Waals surface area contributed by atoms with Gasteiger partial charge in [0.15, 0.2) is 0 Å². The first kappa shape index (κ1) is 13.4. The Morgan fingerprint density at radius 1 is 1.33 bits per heavy atom. The van der Waals surface area contributed by atoms with Gasteiger partial charge in [-0.25, -0.2) is 0 Å². The molecule has 18 heavy (non-hydrogen) atoms. The SMILES string of the molecule is CCC(C)(C#N)C(=O)N1CCN(CC2CC2)CC1. The quantitative estimate of drug-likeness (QED) is 0.758. The Bertz CT molecular complexity index is 351. The standard InChI is InChI=1S/C14H23N3O/c1-3-14(2,11-15)13(18)17-8-6-16(7-9-17)10-12-4-5-12/h12H,3-10H2,1-2H3. The highest BCUT2D eigenvalue weighted by molar-refractivity contribution is 5.85. The molecule has 1 aliphatic carbocycles. The average Bonchev–Trinajstić information content (AvgIpc) is 3.22. The Kier molecular flexibility index (Phi) is 3.91. The molecule has 100 valence electrons. The number of carbonyl (C=O) groups excluding carboxylic acids is 1. The molecule has 0 aromatic heterocycles. The van der Waals surface area contributed by atoms with Crippen molar-refractivity contribution in [3.63, 3.8) is 0 Å². The molecule has 1 unspecified atom stereocenters. The van der Waals surface area contributed by atoms with E-state index in [0.717, 1.165) is 32.1 Å². The molecule has 1 saturated carbocycles. The van der Waals surface area contributed by atoms with Crippen molar-refractivity contribution < 1.29 is 4.79 Å². The molecule has 0 bridgehead atoms. The molecule has 1 aliphatic heterocycles. The van der Waals surface area contributed by atoms with E-state index in [9.17, 15) is 4.79 Å². The highest BCUT2D eigenvalue weighted by atomic mass is 16.2. The number of amides is 1. The van der Waals surface area contributed by atoms with E-state index < -0.39 is 5.41 Å².